The molecule has 0 fully saturated rings. The molecule has 112 valence electrons. The summed E-state index contributed by atoms with van der Waals surface area (Å²) in [5.74, 6) is 1.01. The molecule has 4 heteroatoms. The molecule has 0 aliphatic heterocycles. The molecule has 0 radical (unpaired) electrons. The Balaban J connectivity index is 2.89. The van der Waals surface area contributed by atoms with Gasteiger partial charge >= 0.3 is 0 Å². The molecular formula is C16H26N2O2. The van der Waals surface area contributed by atoms with Gasteiger partial charge in [0.2, 0.25) is 5.91 Å². The highest BCUT2D eigenvalue weighted by Crippen LogP contribution is 2.22. The van der Waals surface area contributed by atoms with Crippen LogP contribution < -0.4 is 15.4 Å². The number of methoxy groups -OCH3 is 1. The Labute approximate surface area is 121 Å². The van der Waals surface area contributed by atoms with Crippen LogP contribution in [0.2, 0.25) is 0 Å². The van der Waals surface area contributed by atoms with Gasteiger partial charge in [-0.3, -0.25) is 4.79 Å². The van der Waals surface area contributed by atoms with E-state index < -0.39 is 0 Å². The van der Waals surface area contributed by atoms with Crippen molar-refractivity contribution in [3.8, 4) is 5.75 Å². The van der Waals surface area contributed by atoms with Crippen molar-refractivity contribution in [2.75, 3.05) is 25.1 Å². The van der Waals surface area contributed by atoms with Gasteiger partial charge in [-0.2, -0.15) is 0 Å². The molecule has 0 saturated carbocycles. The standard InChI is InChI=1S/C16H26N2O2/c1-4-6-13(2)16(19)18(12-5-11-17)14-7-9-15(20-3)10-8-14/h7-10,13H,4-6,11-12,17H2,1-3H3. The molecule has 1 atom stereocenters. The van der Waals surface area contributed by atoms with Gasteiger partial charge < -0.3 is 15.4 Å². The highest BCUT2D eigenvalue weighted by atomic mass is 16.5. The van der Waals surface area contributed by atoms with Crippen LogP contribution in [-0.2, 0) is 4.79 Å². The van der Waals surface area contributed by atoms with Crippen molar-refractivity contribution in [1.82, 2.24) is 0 Å². The number of rotatable bonds is 8. The number of carbonyl (C=O) groups excluding carboxylic acids is 1. The molecule has 0 bridgehead atoms. The maximum absolute atomic E-state index is 12.5. The van der Waals surface area contributed by atoms with Crippen LogP contribution in [0.15, 0.2) is 24.3 Å². The zero-order valence-corrected chi connectivity index (χ0v) is 12.8. The van der Waals surface area contributed by atoms with Gasteiger partial charge in [-0.25, -0.2) is 0 Å². The molecule has 0 aromatic heterocycles. The van der Waals surface area contributed by atoms with Crippen molar-refractivity contribution >= 4 is 11.6 Å². The minimum Gasteiger partial charge on any atom is -0.497 e. The Hall–Kier alpha value is -1.55. The van der Waals surface area contributed by atoms with Gasteiger partial charge in [-0.1, -0.05) is 20.3 Å². The van der Waals surface area contributed by atoms with Gasteiger partial charge in [0.15, 0.2) is 0 Å². The minimum absolute atomic E-state index is 0.0416. The van der Waals surface area contributed by atoms with E-state index in [9.17, 15) is 4.79 Å². The zero-order valence-electron chi connectivity index (χ0n) is 12.8. The molecule has 1 aromatic rings. The fourth-order valence-corrected chi connectivity index (χ4v) is 2.20. The molecular weight excluding hydrogens is 252 g/mol. The van der Waals surface area contributed by atoms with Crippen LogP contribution in [-0.4, -0.2) is 26.1 Å². The summed E-state index contributed by atoms with van der Waals surface area (Å²) in [6.45, 7) is 5.34. The number of benzene rings is 1. The summed E-state index contributed by atoms with van der Waals surface area (Å²) in [4.78, 5) is 14.4. The van der Waals surface area contributed by atoms with E-state index in [1.165, 1.54) is 0 Å². The van der Waals surface area contributed by atoms with Crippen molar-refractivity contribution in [2.24, 2.45) is 11.7 Å². The average molecular weight is 278 g/mol. The number of hydrogen-bond donors (Lipinski definition) is 1. The van der Waals surface area contributed by atoms with Crippen molar-refractivity contribution < 1.29 is 9.53 Å². The highest BCUT2D eigenvalue weighted by molar-refractivity contribution is 5.94. The van der Waals surface area contributed by atoms with E-state index in [0.29, 0.717) is 13.1 Å². The van der Waals surface area contributed by atoms with E-state index in [2.05, 4.69) is 6.92 Å². The van der Waals surface area contributed by atoms with E-state index in [4.69, 9.17) is 10.5 Å². The Morgan fingerprint density at radius 3 is 2.50 bits per heavy atom. The molecule has 0 saturated heterocycles. The first-order valence-electron chi connectivity index (χ1n) is 7.29. The molecule has 1 rings (SSSR count). The molecule has 0 aliphatic carbocycles. The second-order valence-electron chi connectivity index (χ2n) is 5.02. The first-order valence-corrected chi connectivity index (χ1v) is 7.29. The van der Waals surface area contributed by atoms with Gasteiger partial charge in [0.1, 0.15) is 5.75 Å². The maximum Gasteiger partial charge on any atom is 0.229 e. The van der Waals surface area contributed by atoms with Gasteiger partial charge in [0.25, 0.3) is 0 Å². The SMILES string of the molecule is CCCC(C)C(=O)N(CCCN)c1ccc(OC)cc1. The van der Waals surface area contributed by atoms with Crippen molar-refractivity contribution in [2.45, 2.75) is 33.1 Å². The third kappa shape index (κ3) is 4.53. The molecule has 1 aromatic carbocycles. The fraction of sp³-hybridized carbons (Fsp3) is 0.562. The summed E-state index contributed by atoms with van der Waals surface area (Å²) in [6.07, 6.45) is 2.73. The topological polar surface area (TPSA) is 55.6 Å². The predicted molar refractivity (Wildman–Crippen MR) is 83.1 cm³/mol. The van der Waals surface area contributed by atoms with Gasteiger partial charge in [0, 0.05) is 18.2 Å². The molecule has 0 aliphatic rings. The molecule has 4 nitrogen and oxygen atoms in total. The van der Waals surface area contributed by atoms with Crippen LogP contribution in [0.3, 0.4) is 0 Å². The molecule has 0 heterocycles. The highest BCUT2D eigenvalue weighted by Gasteiger charge is 2.20. The van der Waals surface area contributed by atoms with Crippen molar-refractivity contribution in [3.63, 3.8) is 0 Å². The zero-order chi connectivity index (χ0) is 15.0. The van der Waals surface area contributed by atoms with Crippen molar-refractivity contribution in [1.29, 1.82) is 0 Å². The first-order chi connectivity index (χ1) is 9.63. The predicted octanol–water partition coefficient (Wildman–Crippen LogP) is 2.81. The molecule has 1 amide bonds. The number of hydrogen-bond acceptors (Lipinski definition) is 3. The van der Waals surface area contributed by atoms with E-state index in [1.54, 1.807) is 7.11 Å². The lowest BCUT2D eigenvalue weighted by Crippen LogP contribution is -2.36. The summed E-state index contributed by atoms with van der Waals surface area (Å²) in [5, 5.41) is 0. The van der Waals surface area contributed by atoms with E-state index in [-0.39, 0.29) is 11.8 Å². The maximum atomic E-state index is 12.5. The third-order valence-corrected chi connectivity index (χ3v) is 3.38. The number of ether oxygens (including phenoxy) is 1. The quantitative estimate of drug-likeness (QED) is 0.795. The van der Waals surface area contributed by atoms with Gasteiger partial charge in [0.05, 0.1) is 7.11 Å². The summed E-state index contributed by atoms with van der Waals surface area (Å²) in [5.41, 5.74) is 6.49. The molecule has 2 N–H and O–H groups in total. The molecule has 1 unspecified atom stereocenters. The summed E-state index contributed by atoms with van der Waals surface area (Å²) in [6, 6.07) is 7.60. The molecule has 20 heavy (non-hydrogen) atoms. The van der Waals surface area contributed by atoms with Crippen LogP contribution in [0.1, 0.15) is 33.1 Å². The lowest BCUT2D eigenvalue weighted by atomic mass is 10.0. The monoisotopic (exact) mass is 278 g/mol. The lowest BCUT2D eigenvalue weighted by molar-refractivity contribution is -0.122. The van der Waals surface area contributed by atoms with Crippen LogP contribution in [0.25, 0.3) is 0 Å². The van der Waals surface area contributed by atoms with E-state index in [0.717, 1.165) is 30.7 Å². The Morgan fingerprint density at radius 2 is 2.00 bits per heavy atom. The largest absolute Gasteiger partial charge is 0.497 e. The summed E-state index contributed by atoms with van der Waals surface area (Å²) in [7, 11) is 1.63. The molecule has 0 spiro atoms. The number of nitrogens with two attached hydrogens (primary N) is 1. The van der Waals surface area contributed by atoms with Gasteiger partial charge in [-0.15, -0.1) is 0 Å². The average Bonchev–Trinajstić information content (AvgIpc) is 2.48. The second-order valence-corrected chi connectivity index (χ2v) is 5.02. The normalized spacial score (nSPS) is 12.0. The van der Waals surface area contributed by atoms with Crippen LogP contribution in [0.5, 0.6) is 5.75 Å². The Morgan fingerprint density at radius 1 is 1.35 bits per heavy atom. The third-order valence-electron chi connectivity index (χ3n) is 3.38. The Bertz CT molecular complexity index is 403. The van der Waals surface area contributed by atoms with Crippen molar-refractivity contribution in [3.05, 3.63) is 24.3 Å². The second kappa shape index (κ2) is 8.59. The smallest absolute Gasteiger partial charge is 0.229 e. The van der Waals surface area contributed by atoms with Gasteiger partial charge in [-0.05, 0) is 43.7 Å². The number of carbonyl (C=O) groups is 1. The van der Waals surface area contributed by atoms with Crippen LogP contribution in [0.4, 0.5) is 5.69 Å². The van der Waals surface area contributed by atoms with E-state index >= 15 is 0 Å². The number of amides is 1. The fourth-order valence-electron chi connectivity index (χ4n) is 2.20. The van der Waals surface area contributed by atoms with Crippen LogP contribution >= 0.6 is 0 Å². The van der Waals surface area contributed by atoms with Crippen LogP contribution in [0, 0.1) is 5.92 Å². The van der Waals surface area contributed by atoms with E-state index in [1.807, 2.05) is 36.1 Å². The minimum atomic E-state index is 0.0416. The number of nitrogens with zero attached hydrogens (tertiary/aromatic N) is 1. The Kier molecular flexibility index (Phi) is 7.09. The first kappa shape index (κ1) is 16.5. The lowest BCUT2D eigenvalue weighted by Gasteiger charge is -2.26. The summed E-state index contributed by atoms with van der Waals surface area (Å²) >= 11 is 0. The summed E-state index contributed by atoms with van der Waals surface area (Å²) < 4.78 is 5.15. The number of anilines is 1.